The highest BCUT2D eigenvalue weighted by atomic mass is 35.5. The van der Waals surface area contributed by atoms with Gasteiger partial charge in [0.25, 0.3) is 0 Å². The summed E-state index contributed by atoms with van der Waals surface area (Å²) in [7, 11) is 0. The number of amides is 2. The van der Waals surface area contributed by atoms with Crippen LogP contribution in [0.5, 0.6) is 0 Å². The minimum absolute atomic E-state index is 0.282. The molecule has 4 rings (SSSR count). The molecule has 0 aliphatic heterocycles. The van der Waals surface area contributed by atoms with Gasteiger partial charge in [0.05, 0.1) is 23.7 Å². The fourth-order valence-electron chi connectivity index (χ4n) is 5.20. The molecule has 2 fully saturated rings. The SMILES string of the molecule is O=C(O)C1CCCCC1C(=O)Nc1cc(Cl)cc(Cl)c1.O=C(O)C1CCCCC1C(=O)Nc1cc(Cl)cc(Cl)c1. The van der Waals surface area contributed by atoms with E-state index < -0.39 is 35.6 Å². The minimum atomic E-state index is -0.908. The third-order valence-electron chi connectivity index (χ3n) is 7.10. The lowest BCUT2D eigenvalue weighted by Crippen LogP contribution is -2.36. The first kappa shape index (κ1) is 32.0. The fraction of sp³-hybridized carbons (Fsp3) is 0.429. The van der Waals surface area contributed by atoms with Crippen molar-refractivity contribution in [3.8, 4) is 0 Å². The number of hydrogen-bond acceptors (Lipinski definition) is 4. The number of carboxylic acids is 2. The summed E-state index contributed by atoms with van der Waals surface area (Å²) in [5.41, 5.74) is 0.976. The summed E-state index contributed by atoms with van der Waals surface area (Å²) >= 11 is 23.5. The smallest absolute Gasteiger partial charge is 0.307 e. The molecule has 0 radical (unpaired) electrons. The topological polar surface area (TPSA) is 133 Å². The first-order valence-electron chi connectivity index (χ1n) is 12.9. The van der Waals surface area contributed by atoms with Gasteiger partial charge in [-0.1, -0.05) is 72.1 Å². The van der Waals surface area contributed by atoms with Gasteiger partial charge in [0, 0.05) is 31.5 Å². The zero-order chi connectivity index (χ0) is 29.4. The van der Waals surface area contributed by atoms with Crippen molar-refractivity contribution in [3.63, 3.8) is 0 Å². The molecule has 2 amide bonds. The molecule has 2 aliphatic carbocycles. The highest BCUT2D eigenvalue weighted by molar-refractivity contribution is 6.35. The molecular weight excluding hydrogens is 602 g/mol. The Bertz CT molecular complexity index is 1120. The minimum Gasteiger partial charge on any atom is -0.481 e. The summed E-state index contributed by atoms with van der Waals surface area (Å²) < 4.78 is 0. The average Bonchev–Trinajstić information content (AvgIpc) is 2.87. The van der Waals surface area contributed by atoms with Gasteiger partial charge >= 0.3 is 11.9 Å². The van der Waals surface area contributed by atoms with Crippen molar-refractivity contribution >= 4 is 81.5 Å². The maximum Gasteiger partial charge on any atom is 0.307 e. The Balaban J connectivity index is 0.000000220. The van der Waals surface area contributed by atoms with E-state index in [-0.39, 0.29) is 11.8 Å². The first-order chi connectivity index (χ1) is 18.9. The van der Waals surface area contributed by atoms with Crippen molar-refractivity contribution in [1.82, 2.24) is 0 Å². The molecule has 216 valence electrons. The predicted octanol–water partition coefficient (Wildman–Crippen LogP) is 7.65. The van der Waals surface area contributed by atoms with Crippen LogP contribution in [0.4, 0.5) is 11.4 Å². The van der Waals surface area contributed by atoms with Gasteiger partial charge in [-0.25, -0.2) is 0 Å². The van der Waals surface area contributed by atoms with Crippen LogP contribution in [0, 0.1) is 23.7 Å². The van der Waals surface area contributed by atoms with Crippen LogP contribution in [0.25, 0.3) is 0 Å². The van der Waals surface area contributed by atoms with Gasteiger partial charge in [-0.15, -0.1) is 0 Å². The van der Waals surface area contributed by atoms with Crippen molar-refractivity contribution < 1.29 is 29.4 Å². The molecular formula is C28H30Cl4N2O6. The van der Waals surface area contributed by atoms with E-state index in [1.807, 2.05) is 0 Å². The average molecular weight is 632 g/mol. The number of carboxylic acid groups (broad SMARTS) is 2. The molecule has 4 N–H and O–H groups in total. The quantitative estimate of drug-likeness (QED) is 0.259. The molecule has 4 unspecified atom stereocenters. The molecule has 2 aromatic carbocycles. The molecule has 0 saturated heterocycles. The number of rotatable bonds is 6. The number of carbonyl (C=O) groups is 4. The molecule has 0 spiro atoms. The van der Waals surface area contributed by atoms with Crippen LogP contribution in [0.15, 0.2) is 36.4 Å². The summed E-state index contributed by atoms with van der Waals surface area (Å²) in [5.74, 6) is -4.61. The van der Waals surface area contributed by atoms with Crippen molar-refractivity contribution in [1.29, 1.82) is 0 Å². The highest BCUT2D eigenvalue weighted by Gasteiger charge is 2.36. The van der Waals surface area contributed by atoms with Crippen LogP contribution in [0.1, 0.15) is 51.4 Å². The Kier molecular flexibility index (Phi) is 11.9. The number of nitrogens with one attached hydrogen (secondary N) is 2. The standard InChI is InChI=1S/2C14H15Cl2NO3/c2*15-8-5-9(16)7-10(6-8)17-13(18)11-3-1-2-4-12(11)14(19)20/h2*5-7,11-12H,1-4H2,(H,17,18)(H,19,20). The molecule has 0 aromatic heterocycles. The summed E-state index contributed by atoms with van der Waals surface area (Å²) in [6.07, 6.45) is 5.73. The van der Waals surface area contributed by atoms with Crippen LogP contribution in [0.2, 0.25) is 20.1 Å². The first-order valence-corrected chi connectivity index (χ1v) is 14.4. The van der Waals surface area contributed by atoms with Crippen LogP contribution in [-0.2, 0) is 19.2 Å². The Morgan fingerprint density at radius 2 is 0.800 bits per heavy atom. The van der Waals surface area contributed by atoms with Gasteiger partial charge < -0.3 is 20.8 Å². The van der Waals surface area contributed by atoms with E-state index in [2.05, 4.69) is 10.6 Å². The zero-order valence-electron chi connectivity index (χ0n) is 21.5. The van der Waals surface area contributed by atoms with Crippen LogP contribution < -0.4 is 10.6 Å². The highest BCUT2D eigenvalue weighted by Crippen LogP contribution is 2.33. The van der Waals surface area contributed by atoms with Gasteiger partial charge in [0.2, 0.25) is 11.8 Å². The molecule has 2 aromatic rings. The lowest BCUT2D eigenvalue weighted by atomic mass is 9.78. The monoisotopic (exact) mass is 630 g/mol. The van der Waals surface area contributed by atoms with Crippen molar-refractivity contribution in [2.24, 2.45) is 23.7 Å². The molecule has 0 heterocycles. The Labute approximate surface area is 252 Å². The molecule has 4 atom stereocenters. The molecule has 2 saturated carbocycles. The van der Waals surface area contributed by atoms with E-state index in [1.54, 1.807) is 36.4 Å². The second-order valence-electron chi connectivity index (χ2n) is 9.97. The van der Waals surface area contributed by atoms with E-state index in [0.29, 0.717) is 57.1 Å². The summed E-state index contributed by atoms with van der Waals surface area (Å²) in [4.78, 5) is 46.9. The largest absolute Gasteiger partial charge is 0.481 e. The maximum absolute atomic E-state index is 12.2. The number of carbonyl (C=O) groups excluding carboxylic acids is 2. The maximum atomic E-state index is 12.2. The normalized spacial score (nSPS) is 22.3. The number of hydrogen-bond donors (Lipinski definition) is 4. The van der Waals surface area contributed by atoms with Crippen LogP contribution in [0.3, 0.4) is 0 Å². The van der Waals surface area contributed by atoms with Crippen molar-refractivity contribution in [3.05, 3.63) is 56.5 Å². The van der Waals surface area contributed by atoms with Crippen LogP contribution in [-0.4, -0.2) is 34.0 Å². The lowest BCUT2D eigenvalue weighted by molar-refractivity contribution is -0.148. The van der Waals surface area contributed by atoms with E-state index in [0.717, 1.165) is 25.7 Å². The number of anilines is 2. The Morgan fingerprint density at radius 3 is 1.07 bits per heavy atom. The third-order valence-corrected chi connectivity index (χ3v) is 7.97. The summed E-state index contributed by atoms with van der Waals surface area (Å²) in [6.45, 7) is 0. The predicted molar refractivity (Wildman–Crippen MR) is 156 cm³/mol. The summed E-state index contributed by atoms with van der Waals surface area (Å²) in [5, 5.41) is 25.5. The number of halogens is 4. The van der Waals surface area contributed by atoms with E-state index in [9.17, 15) is 29.4 Å². The Hall–Kier alpha value is -2.52. The van der Waals surface area contributed by atoms with Gasteiger partial charge in [-0.2, -0.15) is 0 Å². The van der Waals surface area contributed by atoms with Crippen molar-refractivity contribution in [2.75, 3.05) is 10.6 Å². The van der Waals surface area contributed by atoms with Crippen LogP contribution >= 0.6 is 46.4 Å². The number of benzene rings is 2. The van der Waals surface area contributed by atoms with Gasteiger partial charge in [-0.3, -0.25) is 19.2 Å². The molecule has 8 nitrogen and oxygen atoms in total. The zero-order valence-corrected chi connectivity index (χ0v) is 24.5. The molecule has 40 heavy (non-hydrogen) atoms. The van der Waals surface area contributed by atoms with Gasteiger partial charge in [-0.05, 0) is 62.1 Å². The molecule has 2 aliphatic rings. The van der Waals surface area contributed by atoms with E-state index in [4.69, 9.17) is 46.4 Å². The molecule has 12 heteroatoms. The lowest BCUT2D eigenvalue weighted by Gasteiger charge is -2.27. The van der Waals surface area contributed by atoms with Crippen molar-refractivity contribution in [2.45, 2.75) is 51.4 Å². The van der Waals surface area contributed by atoms with Gasteiger partial charge in [0.1, 0.15) is 0 Å². The summed E-state index contributed by atoms with van der Waals surface area (Å²) in [6, 6.07) is 9.49. The second-order valence-corrected chi connectivity index (χ2v) is 11.7. The Morgan fingerprint density at radius 1 is 0.525 bits per heavy atom. The van der Waals surface area contributed by atoms with E-state index in [1.165, 1.54) is 0 Å². The van der Waals surface area contributed by atoms with Gasteiger partial charge in [0.15, 0.2) is 0 Å². The van der Waals surface area contributed by atoms with E-state index >= 15 is 0 Å². The number of aliphatic carboxylic acids is 2. The fourth-order valence-corrected chi connectivity index (χ4v) is 6.25. The second kappa shape index (κ2) is 14.9. The third kappa shape index (κ3) is 9.26. The molecule has 0 bridgehead atoms.